The van der Waals surface area contributed by atoms with Gasteiger partial charge in [0.1, 0.15) is 19.2 Å². The predicted molar refractivity (Wildman–Crippen MR) is 94.1 cm³/mol. The molecule has 1 unspecified atom stereocenters. The van der Waals surface area contributed by atoms with E-state index in [2.05, 4.69) is 24.3 Å². The molecule has 0 aromatic heterocycles. The van der Waals surface area contributed by atoms with E-state index in [-0.39, 0.29) is 28.9 Å². The van der Waals surface area contributed by atoms with Crippen LogP contribution < -0.4 is 17.0 Å². The molecule has 0 amide bonds. The van der Waals surface area contributed by atoms with Gasteiger partial charge in [0, 0.05) is 24.3 Å². The maximum absolute atomic E-state index is 13.2. The number of fused-ring (bicyclic) bond motifs is 3. The molecule has 6 rings (SSSR count). The second-order valence-corrected chi connectivity index (χ2v) is 8.07. The highest BCUT2D eigenvalue weighted by Crippen LogP contribution is 2.36. The van der Waals surface area contributed by atoms with Crippen LogP contribution in [-0.4, -0.2) is 47.7 Å². The molecule has 25 heavy (non-hydrogen) atoms. The van der Waals surface area contributed by atoms with E-state index in [1.54, 1.807) is 0 Å². The summed E-state index contributed by atoms with van der Waals surface area (Å²) in [7, 11) is 0. The molecular formula is C21H24BrNO2. The third-order valence-electron chi connectivity index (χ3n) is 6.72. The van der Waals surface area contributed by atoms with Crippen LogP contribution in [0.25, 0.3) is 10.8 Å². The minimum Gasteiger partial charge on any atom is -1.00 e. The summed E-state index contributed by atoms with van der Waals surface area (Å²) in [5.41, 5.74) is 3.66. The lowest BCUT2D eigenvalue weighted by atomic mass is 9.83. The summed E-state index contributed by atoms with van der Waals surface area (Å²) in [6.07, 6.45) is 4.11. The number of carbonyl (C=O) groups excluding carboxylic acids is 1. The number of aliphatic hydroxyl groups is 1. The molecule has 0 spiro atoms. The Morgan fingerprint density at radius 1 is 1.08 bits per heavy atom. The van der Waals surface area contributed by atoms with Crippen molar-refractivity contribution in [2.75, 3.05) is 26.2 Å². The van der Waals surface area contributed by atoms with Crippen LogP contribution in [-0.2, 0) is 12.8 Å². The van der Waals surface area contributed by atoms with Gasteiger partial charge in [0.15, 0.2) is 0 Å². The second kappa shape index (κ2) is 6.19. The number of nitrogens with zero attached hydrogens (tertiary/aromatic N) is 1. The molecule has 1 aliphatic carbocycles. The molecule has 2 aromatic rings. The Balaban J connectivity index is 0.00000157. The summed E-state index contributed by atoms with van der Waals surface area (Å²) >= 11 is 0. The minimum absolute atomic E-state index is 0. The van der Waals surface area contributed by atoms with Crippen molar-refractivity contribution in [1.29, 1.82) is 0 Å². The zero-order chi connectivity index (χ0) is 16.3. The van der Waals surface area contributed by atoms with Crippen LogP contribution in [0.4, 0.5) is 0 Å². The van der Waals surface area contributed by atoms with Gasteiger partial charge in [-0.25, -0.2) is 0 Å². The van der Waals surface area contributed by atoms with Gasteiger partial charge >= 0.3 is 0 Å². The standard InChI is InChI=1S/C21H24NO2.BrH/c23-19-12-22(10-8-14(19)9-11-22)13-20(24)17-7-6-16-5-4-15-2-1-3-18(17)21(15)16;/h1-3,6-7,14,19,23H,4-5,8-13H2;1H/q+1;/p-1. The molecule has 1 N–H and O–H groups in total. The highest BCUT2D eigenvalue weighted by atomic mass is 79.9. The Hall–Kier alpha value is -1.23. The lowest BCUT2D eigenvalue weighted by Crippen LogP contribution is -3.00. The smallest absolute Gasteiger partial charge is 0.217 e. The first-order chi connectivity index (χ1) is 11.7. The fourth-order valence-corrected chi connectivity index (χ4v) is 5.35. The van der Waals surface area contributed by atoms with Crippen LogP contribution in [0, 0.1) is 5.92 Å². The van der Waals surface area contributed by atoms with Gasteiger partial charge in [-0.15, -0.1) is 0 Å². The van der Waals surface area contributed by atoms with Crippen molar-refractivity contribution in [1.82, 2.24) is 0 Å². The molecule has 132 valence electrons. The van der Waals surface area contributed by atoms with E-state index in [1.807, 2.05) is 6.07 Å². The normalized spacial score (nSPS) is 29.6. The number of hydrogen-bond acceptors (Lipinski definition) is 2. The lowest BCUT2D eigenvalue weighted by molar-refractivity contribution is -0.938. The SMILES string of the molecule is O=C(C[N+]12CCC(CC1)C(O)C2)c1ccc2c3c(cccc13)CC2.[Br-]. The molecule has 4 heteroatoms. The second-order valence-electron chi connectivity index (χ2n) is 8.07. The summed E-state index contributed by atoms with van der Waals surface area (Å²) in [5.74, 6) is 0.718. The van der Waals surface area contributed by atoms with E-state index in [4.69, 9.17) is 0 Å². The molecule has 1 atom stereocenters. The number of rotatable bonds is 3. The molecule has 4 aliphatic rings. The van der Waals surface area contributed by atoms with Gasteiger partial charge in [0.25, 0.3) is 0 Å². The summed E-state index contributed by atoms with van der Waals surface area (Å²) in [4.78, 5) is 13.2. The zero-order valence-corrected chi connectivity index (χ0v) is 16.0. The van der Waals surface area contributed by atoms with E-state index in [0.717, 1.165) is 60.8 Å². The van der Waals surface area contributed by atoms with E-state index < -0.39 is 0 Å². The first kappa shape index (κ1) is 17.2. The topological polar surface area (TPSA) is 37.3 Å². The molecule has 3 nitrogen and oxygen atoms in total. The number of halogens is 1. The van der Waals surface area contributed by atoms with Gasteiger partial charge in [-0.3, -0.25) is 4.79 Å². The van der Waals surface area contributed by atoms with Crippen molar-refractivity contribution in [3.05, 3.63) is 47.0 Å². The van der Waals surface area contributed by atoms with Crippen molar-refractivity contribution in [2.45, 2.75) is 31.8 Å². The van der Waals surface area contributed by atoms with Crippen molar-refractivity contribution in [3.63, 3.8) is 0 Å². The van der Waals surface area contributed by atoms with Crippen molar-refractivity contribution in [3.8, 4) is 0 Å². The van der Waals surface area contributed by atoms with Crippen molar-refractivity contribution in [2.24, 2.45) is 5.92 Å². The van der Waals surface area contributed by atoms with Crippen LogP contribution in [0.5, 0.6) is 0 Å². The average molecular weight is 402 g/mol. The van der Waals surface area contributed by atoms with Crippen LogP contribution in [0.2, 0.25) is 0 Å². The maximum atomic E-state index is 13.2. The molecule has 3 fully saturated rings. The fraction of sp³-hybridized carbons (Fsp3) is 0.476. The fourth-order valence-electron chi connectivity index (χ4n) is 5.35. The highest BCUT2D eigenvalue weighted by Gasteiger charge is 2.46. The van der Waals surface area contributed by atoms with Gasteiger partial charge in [0.2, 0.25) is 5.78 Å². The quantitative estimate of drug-likeness (QED) is 0.567. The van der Waals surface area contributed by atoms with Gasteiger partial charge in [-0.05, 0) is 34.7 Å². The predicted octanol–water partition coefficient (Wildman–Crippen LogP) is -0.274. The van der Waals surface area contributed by atoms with Crippen LogP contribution in [0.1, 0.15) is 34.3 Å². The monoisotopic (exact) mass is 401 g/mol. The Morgan fingerprint density at radius 3 is 2.52 bits per heavy atom. The summed E-state index contributed by atoms with van der Waals surface area (Å²) in [5, 5.41) is 12.7. The van der Waals surface area contributed by atoms with Gasteiger partial charge in [-0.2, -0.15) is 0 Å². The minimum atomic E-state index is -0.215. The van der Waals surface area contributed by atoms with Crippen molar-refractivity contribution < 1.29 is 31.4 Å². The number of aryl methyl sites for hydroxylation is 2. The largest absolute Gasteiger partial charge is 1.00 e. The van der Waals surface area contributed by atoms with Crippen LogP contribution >= 0.6 is 0 Å². The molecule has 3 aliphatic heterocycles. The Labute approximate surface area is 159 Å². The third kappa shape index (κ3) is 2.66. The lowest BCUT2D eigenvalue weighted by Gasteiger charge is -2.50. The molecule has 0 saturated carbocycles. The van der Waals surface area contributed by atoms with Crippen LogP contribution in [0.15, 0.2) is 30.3 Å². The Kier molecular flexibility index (Phi) is 4.25. The molecule has 2 bridgehead atoms. The summed E-state index contributed by atoms with van der Waals surface area (Å²) < 4.78 is 0.791. The molecule has 3 saturated heterocycles. The average Bonchev–Trinajstić information content (AvgIpc) is 3.01. The van der Waals surface area contributed by atoms with Gasteiger partial charge in [0.05, 0.1) is 13.1 Å². The van der Waals surface area contributed by atoms with E-state index in [1.165, 1.54) is 16.5 Å². The number of quaternary nitrogens is 1. The molecular weight excluding hydrogens is 378 g/mol. The first-order valence-corrected chi connectivity index (χ1v) is 9.25. The van der Waals surface area contributed by atoms with Crippen LogP contribution in [0.3, 0.4) is 0 Å². The Morgan fingerprint density at radius 2 is 1.80 bits per heavy atom. The van der Waals surface area contributed by atoms with E-state index in [9.17, 15) is 9.90 Å². The third-order valence-corrected chi connectivity index (χ3v) is 6.72. The van der Waals surface area contributed by atoms with E-state index in [0.29, 0.717) is 12.5 Å². The molecule has 2 aromatic carbocycles. The van der Waals surface area contributed by atoms with Crippen molar-refractivity contribution >= 4 is 16.6 Å². The number of ketones is 1. The van der Waals surface area contributed by atoms with E-state index >= 15 is 0 Å². The first-order valence-electron chi connectivity index (χ1n) is 9.25. The molecule has 0 radical (unpaired) electrons. The van der Waals surface area contributed by atoms with Gasteiger partial charge < -0.3 is 26.6 Å². The summed E-state index contributed by atoms with van der Waals surface area (Å²) in [6.45, 7) is 3.41. The summed E-state index contributed by atoms with van der Waals surface area (Å²) in [6, 6.07) is 10.6. The number of benzene rings is 2. The van der Waals surface area contributed by atoms with Gasteiger partial charge in [-0.1, -0.05) is 30.3 Å². The number of Topliss-reactive ketones (excluding diaryl/α,β-unsaturated/α-hetero) is 1. The zero-order valence-electron chi connectivity index (χ0n) is 14.4. The number of carbonyl (C=O) groups is 1. The molecule has 3 heterocycles. The highest BCUT2D eigenvalue weighted by molar-refractivity contribution is 6.10. The maximum Gasteiger partial charge on any atom is 0.217 e. The number of piperidine rings is 3. The Bertz CT molecular complexity index is 829. The number of hydrogen-bond donors (Lipinski definition) is 1. The number of aliphatic hydroxyl groups excluding tert-OH is 1.